The van der Waals surface area contributed by atoms with Crippen LogP contribution >= 0.6 is 0 Å². The van der Waals surface area contributed by atoms with Crippen molar-refractivity contribution in [3.05, 3.63) is 24.3 Å². The van der Waals surface area contributed by atoms with E-state index in [1.807, 2.05) is 31.3 Å². The van der Waals surface area contributed by atoms with Gasteiger partial charge in [0, 0.05) is 6.04 Å². The van der Waals surface area contributed by atoms with Crippen LogP contribution in [-0.2, 0) is 0 Å². The zero-order chi connectivity index (χ0) is 13.9. The largest absolute Gasteiger partial charge is 0.494 e. The Balaban J connectivity index is 2.22. The fourth-order valence-corrected chi connectivity index (χ4v) is 1.92. The van der Waals surface area contributed by atoms with E-state index < -0.39 is 0 Å². The van der Waals surface area contributed by atoms with Crippen molar-refractivity contribution < 1.29 is 9.47 Å². The molecule has 3 nitrogen and oxygen atoms in total. The van der Waals surface area contributed by atoms with Crippen LogP contribution in [0.3, 0.4) is 0 Å². The summed E-state index contributed by atoms with van der Waals surface area (Å²) in [5, 5.41) is 3.31. The molecule has 1 unspecified atom stereocenters. The number of hydrogen-bond acceptors (Lipinski definition) is 3. The second-order valence-electron chi connectivity index (χ2n) is 4.70. The van der Waals surface area contributed by atoms with Crippen LogP contribution < -0.4 is 14.8 Å². The summed E-state index contributed by atoms with van der Waals surface area (Å²) < 4.78 is 11.3. The minimum absolute atomic E-state index is 0.605. The van der Waals surface area contributed by atoms with E-state index in [1.165, 1.54) is 6.42 Å². The molecule has 0 saturated heterocycles. The quantitative estimate of drug-likeness (QED) is 0.655. The fraction of sp³-hybridized carbons (Fsp3) is 0.625. The average Bonchev–Trinajstić information content (AvgIpc) is 2.46. The average molecular weight is 265 g/mol. The van der Waals surface area contributed by atoms with Gasteiger partial charge in [-0.3, -0.25) is 0 Å². The summed E-state index contributed by atoms with van der Waals surface area (Å²) in [5.74, 6) is 1.83. The van der Waals surface area contributed by atoms with Crippen LogP contribution in [0.5, 0.6) is 11.5 Å². The third kappa shape index (κ3) is 6.48. The number of nitrogens with one attached hydrogen (secondary N) is 1. The molecular weight excluding hydrogens is 238 g/mol. The Morgan fingerprint density at radius 2 is 1.58 bits per heavy atom. The maximum Gasteiger partial charge on any atom is 0.119 e. The van der Waals surface area contributed by atoms with E-state index in [0.717, 1.165) is 44.0 Å². The van der Waals surface area contributed by atoms with Crippen molar-refractivity contribution in [1.29, 1.82) is 0 Å². The van der Waals surface area contributed by atoms with E-state index >= 15 is 0 Å². The van der Waals surface area contributed by atoms with E-state index in [0.29, 0.717) is 6.04 Å². The van der Waals surface area contributed by atoms with Gasteiger partial charge in [-0.2, -0.15) is 0 Å². The standard InChI is InChI=1S/C16H27NO2/c1-4-12-18-15-8-10-16(11-9-15)19-13-6-7-14(5-2)17-3/h8-11,14,17H,4-7,12-13H2,1-3H3. The van der Waals surface area contributed by atoms with Gasteiger partial charge in [-0.1, -0.05) is 13.8 Å². The van der Waals surface area contributed by atoms with Gasteiger partial charge in [0.05, 0.1) is 13.2 Å². The molecule has 0 aliphatic rings. The molecule has 3 heteroatoms. The Hall–Kier alpha value is -1.22. The highest BCUT2D eigenvalue weighted by Gasteiger charge is 2.02. The summed E-state index contributed by atoms with van der Waals surface area (Å²) >= 11 is 0. The zero-order valence-corrected chi connectivity index (χ0v) is 12.4. The molecule has 0 saturated carbocycles. The first kappa shape index (κ1) is 15.8. The lowest BCUT2D eigenvalue weighted by Gasteiger charge is -2.13. The van der Waals surface area contributed by atoms with Gasteiger partial charge in [0.25, 0.3) is 0 Å². The molecule has 1 N–H and O–H groups in total. The molecule has 0 aromatic heterocycles. The Kier molecular flexibility index (Phi) is 8.07. The second-order valence-corrected chi connectivity index (χ2v) is 4.70. The normalized spacial score (nSPS) is 12.2. The minimum atomic E-state index is 0.605. The van der Waals surface area contributed by atoms with E-state index in [4.69, 9.17) is 9.47 Å². The molecule has 0 amide bonds. The van der Waals surface area contributed by atoms with Crippen molar-refractivity contribution in [2.24, 2.45) is 0 Å². The fourth-order valence-electron chi connectivity index (χ4n) is 1.92. The molecule has 108 valence electrons. The molecule has 1 atom stereocenters. The van der Waals surface area contributed by atoms with Crippen molar-refractivity contribution in [2.45, 2.75) is 45.6 Å². The van der Waals surface area contributed by atoms with E-state index in [2.05, 4.69) is 19.2 Å². The molecule has 0 bridgehead atoms. The number of ether oxygens (including phenoxy) is 2. The van der Waals surface area contributed by atoms with Gasteiger partial charge in [-0.05, 0) is 57.0 Å². The molecule has 0 spiro atoms. The molecule has 0 aliphatic carbocycles. The smallest absolute Gasteiger partial charge is 0.119 e. The predicted octanol–water partition coefficient (Wildman–Crippen LogP) is 3.63. The van der Waals surface area contributed by atoms with Crippen molar-refractivity contribution in [1.82, 2.24) is 5.32 Å². The summed E-state index contributed by atoms with van der Waals surface area (Å²) in [6, 6.07) is 8.48. The summed E-state index contributed by atoms with van der Waals surface area (Å²) in [6.07, 6.45) is 4.43. The van der Waals surface area contributed by atoms with Crippen LogP contribution in [0.4, 0.5) is 0 Å². The van der Waals surface area contributed by atoms with Crippen molar-refractivity contribution in [3.63, 3.8) is 0 Å². The van der Waals surface area contributed by atoms with Crippen LogP contribution in [0, 0.1) is 0 Å². The molecule has 0 radical (unpaired) electrons. The third-order valence-electron chi connectivity index (χ3n) is 3.16. The first-order valence-corrected chi connectivity index (χ1v) is 7.33. The highest BCUT2D eigenvalue weighted by molar-refractivity contribution is 5.31. The van der Waals surface area contributed by atoms with Crippen LogP contribution in [0.15, 0.2) is 24.3 Å². The SMILES string of the molecule is CCCOc1ccc(OCCCC(CC)NC)cc1. The zero-order valence-electron chi connectivity index (χ0n) is 12.4. The predicted molar refractivity (Wildman–Crippen MR) is 80.1 cm³/mol. The maximum atomic E-state index is 5.72. The number of hydrogen-bond donors (Lipinski definition) is 1. The molecule has 1 aromatic rings. The molecule has 1 aromatic carbocycles. The Morgan fingerprint density at radius 3 is 2.05 bits per heavy atom. The van der Waals surface area contributed by atoms with Gasteiger partial charge in [0.1, 0.15) is 11.5 Å². The third-order valence-corrected chi connectivity index (χ3v) is 3.16. The van der Waals surface area contributed by atoms with E-state index in [1.54, 1.807) is 0 Å². The lowest BCUT2D eigenvalue weighted by atomic mass is 10.1. The summed E-state index contributed by atoms with van der Waals surface area (Å²) in [4.78, 5) is 0. The highest BCUT2D eigenvalue weighted by Crippen LogP contribution is 2.18. The van der Waals surface area contributed by atoms with Gasteiger partial charge in [0.2, 0.25) is 0 Å². The van der Waals surface area contributed by atoms with E-state index in [-0.39, 0.29) is 0 Å². The molecular formula is C16H27NO2. The first-order valence-electron chi connectivity index (χ1n) is 7.33. The van der Waals surface area contributed by atoms with Crippen LogP contribution in [0.25, 0.3) is 0 Å². The summed E-state index contributed by atoms with van der Waals surface area (Å²) in [6.45, 7) is 5.85. The van der Waals surface area contributed by atoms with Gasteiger partial charge in [-0.15, -0.1) is 0 Å². The van der Waals surface area contributed by atoms with E-state index in [9.17, 15) is 0 Å². The molecule has 0 heterocycles. The lowest BCUT2D eigenvalue weighted by Crippen LogP contribution is -2.24. The van der Waals surface area contributed by atoms with Crippen LogP contribution in [-0.4, -0.2) is 26.3 Å². The maximum absolute atomic E-state index is 5.72. The van der Waals surface area contributed by atoms with Gasteiger partial charge >= 0.3 is 0 Å². The first-order chi connectivity index (χ1) is 9.30. The number of benzene rings is 1. The van der Waals surface area contributed by atoms with Crippen molar-refractivity contribution in [3.8, 4) is 11.5 Å². The Bertz CT molecular complexity index is 320. The minimum Gasteiger partial charge on any atom is -0.494 e. The number of rotatable bonds is 10. The Labute approximate surface area is 117 Å². The summed E-state index contributed by atoms with van der Waals surface area (Å²) in [5.41, 5.74) is 0. The van der Waals surface area contributed by atoms with Crippen molar-refractivity contribution >= 4 is 0 Å². The Morgan fingerprint density at radius 1 is 1.00 bits per heavy atom. The second kappa shape index (κ2) is 9.68. The van der Waals surface area contributed by atoms with Gasteiger partial charge in [0.15, 0.2) is 0 Å². The molecule has 1 rings (SSSR count). The van der Waals surface area contributed by atoms with Gasteiger partial charge < -0.3 is 14.8 Å². The summed E-state index contributed by atoms with van der Waals surface area (Å²) in [7, 11) is 2.02. The van der Waals surface area contributed by atoms with Gasteiger partial charge in [-0.25, -0.2) is 0 Å². The molecule has 19 heavy (non-hydrogen) atoms. The lowest BCUT2D eigenvalue weighted by molar-refractivity contribution is 0.293. The topological polar surface area (TPSA) is 30.5 Å². The molecule has 0 aliphatic heterocycles. The monoisotopic (exact) mass is 265 g/mol. The van der Waals surface area contributed by atoms with Crippen LogP contribution in [0.1, 0.15) is 39.5 Å². The van der Waals surface area contributed by atoms with Crippen LogP contribution in [0.2, 0.25) is 0 Å². The van der Waals surface area contributed by atoms with Crippen molar-refractivity contribution in [2.75, 3.05) is 20.3 Å². The highest BCUT2D eigenvalue weighted by atomic mass is 16.5. The molecule has 0 fully saturated rings.